The van der Waals surface area contributed by atoms with E-state index >= 15 is 0 Å². The van der Waals surface area contributed by atoms with E-state index in [9.17, 15) is 24.0 Å². The van der Waals surface area contributed by atoms with Gasteiger partial charge in [-0.2, -0.15) is 0 Å². The minimum atomic E-state index is -0.618. The monoisotopic (exact) mass is 499 g/mol. The van der Waals surface area contributed by atoms with Gasteiger partial charge in [0.05, 0.1) is 0 Å². The van der Waals surface area contributed by atoms with E-state index in [1.165, 1.54) is 0 Å². The predicted octanol–water partition coefficient (Wildman–Crippen LogP) is 3.29. The number of hydrogen-bond donors (Lipinski definition) is 2. The zero-order valence-corrected chi connectivity index (χ0v) is 20.0. The second-order valence-electron chi connectivity index (χ2n) is 9.11. The summed E-state index contributed by atoms with van der Waals surface area (Å²) in [4.78, 5) is 63.5. The van der Waals surface area contributed by atoms with Crippen LogP contribution in [0, 0.1) is 0 Å². The van der Waals surface area contributed by atoms with Crippen molar-refractivity contribution in [2.75, 3.05) is 18.5 Å². The average Bonchev–Trinajstić information content (AvgIpc) is 3.72. The highest BCUT2D eigenvalue weighted by Crippen LogP contribution is 2.30. The van der Waals surface area contributed by atoms with Gasteiger partial charge in [0.2, 0.25) is 0 Å². The van der Waals surface area contributed by atoms with E-state index < -0.39 is 30.3 Å². The quantitative estimate of drug-likeness (QED) is 0.344. The molecule has 3 aromatic carbocycles. The molecule has 0 aromatic heterocycles. The summed E-state index contributed by atoms with van der Waals surface area (Å²) in [5.41, 5.74) is 1.77. The number of benzene rings is 3. The summed E-state index contributed by atoms with van der Waals surface area (Å²) in [5.74, 6) is -2.15. The van der Waals surface area contributed by atoms with Crippen LogP contribution in [0.4, 0.5) is 5.69 Å². The lowest BCUT2D eigenvalue weighted by Crippen LogP contribution is -2.41. The molecule has 1 aliphatic heterocycles. The van der Waals surface area contributed by atoms with Crippen LogP contribution < -0.4 is 10.6 Å². The molecular weight excluding hydrogens is 474 g/mol. The van der Waals surface area contributed by atoms with Crippen LogP contribution in [0.25, 0.3) is 10.8 Å². The van der Waals surface area contributed by atoms with Gasteiger partial charge >= 0.3 is 5.97 Å². The summed E-state index contributed by atoms with van der Waals surface area (Å²) in [6.07, 6.45) is 2.09. The molecule has 188 valence electrons. The summed E-state index contributed by atoms with van der Waals surface area (Å²) in [6, 6.07) is 17.4. The topological polar surface area (TPSA) is 122 Å². The zero-order chi connectivity index (χ0) is 25.9. The van der Waals surface area contributed by atoms with Crippen LogP contribution in [0.1, 0.15) is 56.8 Å². The number of carbonyl (C=O) groups excluding carboxylic acids is 5. The van der Waals surface area contributed by atoms with Crippen LogP contribution in [-0.2, 0) is 14.3 Å². The molecule has 0 spiro atoms. The van der Waals surface area contributed by atoms with Gasteiger partial charge in [-0.25, -0.2) is 0 Å². The predicted molar refractivity (Wildman–Crippen MR) is 135 cm³/mol. The maximum Gasteiger partial charge on any atom is 0.306 e. The molecular formula is C28H25N3O6. The first kappa shape index (κ1) is 24.2. The molecule has 1 fully saturated rings. The summed E-state index contributed by atoms with van der Waals surface area (Å²) >= 11 is 0. The van der Waals surface area contributed by atoms with E-state index in [1.54, 1.807) is 48.5 Å². The fourth-order valence-corrected chi connectivity index (χ4v) is 4.31. The van der Waals surface area contributed by atoms with Crippen molar-refractivity contribution in [1.82, 2.24) is 10.2 Å². The second kappa shape index (κ2) is 10.2. The number of esters is 1. The number of nitrogens with zero attached hydrogens (tertiary/aromatic N) is 1. The highest BCUT2D eigenvalue weighted by molar-refractivity contribution is 6.25. The lowest BCUT2D eigenvalue weighted by Gasteiger charge is -2.27. The Morgan fingerprint density at radius 1 is 0.919 bits per heavy atom. The second-order valence-corrected chi connectivity index (χ2v) is 9.11. The van der Waals surface area contributed by atoms with Gasteiger partial charge in [0.15, 0.2) is 6.61 Å². The first-order valence-electron chi connectivity index (χ1n) is 12.1. The lowest BCUT2D eigenvalue weighted by atomic mass is 9.94. The minimum absolute atomic E-state index is 0.0550. The maximum atomic E-state index is 12.9. The van der Waals surface area contributed by atoms with Crippen molar-refractivity contribution < 1.29 is 28.7 Å². The largest absolute Gasteiger partial charge is 0.456 e. The molecule has 1 saturated carbocycles. The molecule has 1 aliphatic carbocycles. The van der Waals surface area contributed by atoms with Gasteiger partial charge in [0, 0.05) is 46.8 Å². The Balaban J connectivity index is 1.09. The van der Waals surface area contributed by atoms with Crippen molar-refractivity contribution >= 4 is 46.1 Å². The van der Waals surface area contributed by atoms with E-state index in [4.69, 9.17) is 4.74 Å². The van der Waals surface area contributed by atoms with Crippen molar-refractivity contribution in [2.24, 2.45) is 0 Å². The number of hydrogen-bond acceptors (Lipinski definition) is 6. The Bertz CT molecular complexity index is 1380. The van der Waals surface area contributed by atoms with E-state index in [-0.39, 0.29) is 31.3 Å². The number of nitrogens with one attached hydrogen (secondary N) is 2. The molecule has 0 bridgehead atoms. The first-order chi connectivity index (χ1) is 17.9. The van der Waals surface area contributed by atoms with Crippen molar-refractivity contribution in [1.29, 1.82) is 0 Å². The molecule has 4 amide bonds. The van der Waals surface area contributed by atoms with Crippen molar-refractivity contribution in [2.45, 2.75) is 31.7 Å². The van der Waals surface area contributed by atoms with Gasteiger partial charge < -0.3 is 15.4 Å². The molecule has 0 unspecified atom stereocenters. The molecule has 0 atom stereocenters. The highest BCUT2D eigenvalue weighted by atomic mass is 16.5. The highest BCUT2D eigenvalue weighted by Gasteiger charge is 2.32. The number of imide groups is 1. The van der Waals surface area contributed by atoms with Crippen LogP contribution in [0.3, 0.4) is 0 Å². The Hall–Kier alpha value is -4.53. The van der Waals surface area contributed by atoms with Gasteiger partial charge in [-0.15, -0.1) is 0 Å². The number of amides is 4. The normalized spacial score (nSPS) is 14.4. The standard InChI is InChI=1S/C28H25N3O6/c32-23(29-20-8-1-7-18(15-20)26(34)30-19-12-13-19)16-37-24(33)11-4-14-31-27(35)21-9-2-5-17-6-3-10-22(25(17)21)28(31)36/h1-3,5-10,15,19H,4,11-14,16H2,(H,29,32)(H,30,34). The van der Waals surface area contributed by atoms with Crippen LogP contribution in [0.2, 0.25) is 0 Å². The van der Waals surface area contributed by atoms with Crippen LogP contribution in [0.5, 0.6) is 0 Å². The molecule has 2 aliphatic rings. The van der Waals surface area contributed by atoms with Gasteiger partial charge in [-0.1, -0.05) is 30.3 Å². The van der Waals surface area contributed by atoms with E-state index in [2.05, 4.69) is 10.6 Å². The smallest absolute Gasteiger partial charge is 0.306 e. The Kier molecular flexibility index (Phi) is 6.68. The molecule has 2 N–H and O–H groups in total. The molecule has 9 heteroatoms. The molecule has 5 rings (SSSR count). The molecule has 9 nitrogen and oxygen atoms in total. The van der Waals surface area contributed by atoms with E-state index in [1.807, 2.05) is 12.1 Å². The third kappa shape index (κ3) is 5.35. The minimum Gasteiger partial charge on any atom is -0.456 e. The van der Waals surface area contributed by atoms with Crippen LogP contribution >= 0.6 is 0 Å². The van der Waals surface area contributed by atoms with Gasteiger partial charge in [-0.3, -0.25) is 28.9 Å². The van der Waals surface area contributed by atoms with Crippen molar-refractivity contribution in [3.63, 3.8) is 0 Å². The van der Waals surface area contributed by atoms with Crippen molar-refractivity contribution in [3.8, 4) is 0 Å². The Morgan fingerprint density at radius 3 is 2.27 bits per heavy atom. The summed E-state index contributed by atoms with van der Waals surface area (Å²) < 4.78 is 5.04. The number of rotatable bonds is 9. The SMILES string of the molecule is O=C(COC(=O)CCCN1C(=O)c2cccc3cccc(c23)C1=O)Nc1cccc(C(=O)NC2CC2)c1. The number of carbonyl (C=O) groups is 5. The van der Waals surface area contributed by atoms with Crippen LogP contribution in [0.15, 0.2) is 60.7 Å². The zero-order valence-electron chi connectivity index (χ0n) is 20.0. The lowest BCUT2D eigenvalue weighted by molar-refractivity contribution is -0.147. The van der Waals surface area contributed by atoms with Gasteiger partial charge in [0.1, 0.15) is 0 Å². The fraction of sp³-hybridized carbons (Fsp3) is 0.250. The molecule has 1 heterocycles. The number of anilines is 1. The summed E-state index contributed by atoms with van der Waals surface area (Å²) in [6.45, 7) is -0.437. The van der Waals surface area contributed by atoms with Gasteiger partial charge in [0.25, 0.3) is 23.6 Å². The third-order valence-electron chi connectivity index (χ3n) is 6.30. The van der Waals surface area contributed by atoms with Crippen molar-refractivity contribution in [3.05, 3.63) is 77.4 Å². The van der Waals surface area contributed by atoms with Crippen LogP contribution in [-0.4, -0.2) is 53.7 Å². The third-order valence-corrected chi connectivity index (χ3v) is 6.30. The molecule has 0 radical (unpaired) electrons. The molecule has 3 aromatic rings. The van der Waals surface area contributed by atoms with E-state index in [0.29, 0.717) is 27.8 Å². The summed E-state index contributed by atoms with van der Waals surface area (Å²) in [7, 11) is 0. The summed E-state index contributed by atoms with van der Waals surface area (Å²) in [5, 5.41) is 6.96. The fourth-order valence-electron chi connectivity index (χ4n) is 4.31. The molecule has 0 saturated heterocycles. The van der Waals surface area contributed by atoms with E-state index in [0.717, 1.165) is 23.1 Å². The number of ether oxygens (including phenoxy) is 1. The molecule has 37 heavy (non-hydrogen) atoms. The van der Waals surface area contributed by atoms with Gasteiger partial charge in [-0.05, 0) is 55.0 Å². The Labute approximate surface area is 212 Å². The first-order valence-corrected chi connectivity index (χ1v) is 12.1. The maximum absolute atomic E-state index is 12.9. The Morgan fingerprint density at radius 2 is 1.59 bits per heavy atom. The average molecular weight is 500 g/mol.